The van der Waals surface area contributed by atoms with Crippen molar-refractivity contribution in [3.63, 3.8) is 0 Å². The second-order valence-corrected chi connectivity index (χ2v) is 8.45. The maximum Gasteiger partial charge on any atom is 0.257 e. The normalized spacial score (nSPS) is 19.4. The van der Waals surface area contributed by atoms with Gasteiger partial charge in [-0.05, 0) is 51.2 Å². The Kier molecular flexibility index (Phi) is 5.08. The van der Waals surface area contributed by atoms with Gasteiger partial charge in [0.1, 0.15) is 17.5 Å². The van der Waals surface area contributed by atoms with E-state index in [-0.39, 0.29) is 11.6 Å². The lowest BCUT2D eigenvalue weighted by molar-refractivity contribution is 0.0601. The number of rotatable bonds is 3. The summed E-state index contributed by atoms with van der Waals surface area (Å²) in [6.45, 7) is 4.58. The van der Waals surface area contributed by atoms with E-state index in [1.54, 1.807) is 9.42 Å². The van der Waals surface area contributed by atoms with Crippen molar-refractivity contribution in [1.29, 1.82) is 0 Å². The molecule has 1 aromatic carbocycles. The Bertz CT molecular complexity index is 1140. The zero-order valence-corrected chi connectivity index (χ0v) is 17.5. The van der Waals surface area contributed by atoms with Crippen LogP contribution in [0.2, 0.25) is 0 Å². The number of hydrogen-bond acceptors (Lipinski definition) is 4. The van der Waals surface area contributed by atoms with E-state index in [9.17, 15) is 13.6 Å². The third-order valence-corrected chi connectivity index (χ3v) is 6.30. The summed E-state index contributed by atoms with van der Waals surface area (Å²) >= 11 is 0. The Morgan fingerprint density at radius 3 is 2.61 bits per heavy atom. The highest BCUT2D eigenvalue weighted by Crippen LogP contribution is 2.33. The Hall–Kier alpha value is -3.03. The number of aryl methyl sites for hydroxylation is 1. The lowest BCUT2D eigenvalue weighted by Gasteiger charge is -2.34. The van der Waals surface area contributed by atoms with Crippen molar-refractivity contribution >= 4 is 17.4 Å². The summed E-state index contributed by atoms with van der Waals surface area (Å²) in [4.78, 5) is 21.9. The number of hydrogen-bond donors (Lipinski definition) is 0. The number of carbonyl (C=O) groups excluding carboxylic acids is 1. The minimum Gasteiger partial charge on any atom is -0.356 e. The van der Waals surface area contributed by atoms with E-state index in [4.69, 9.17) is 10.1 Å². The molecule has 0 unspecified atom stereocenters. The quantitative estimate of drug-likeness (QED) is 0.629. The van der Waals surface area contributed by atoms with Crippen molar-refractivity contribution < 1.29 is 13.6 Å². The zero-order valence-electron chi connectivity index (χ0n) is 17.5. The van der Waals surface area contributed by atoms with Gasteiger partial charge in [0.25, 0.3) is 5.91 Å². The summed E-state index contributed by atoms with van der Waals surface area (Å²) in [6, 6.07) is 4.76. The average Bonchev–Trinajstić information content (AvgIpc) is 3.42. The van der Waals surface area contributed by atoms with E-state index in [0.29, 0.717) is 6.54 Å². The maximum atomic E-state index is 14.3. The first kappa shape index (κ1) is 19.9. The molecule has 4 heterocycles. The number of fused-ring (bicyclic) bond motifs is 1. The third-order valence-electron chi connectivity index (χ3n) is 6.30. The predicted octanol–water partition coefficient (Wildman–Crippen LogP) is 4.28. The number of piperidine rings is 1. The Balaban J connectivity index is 1.49. The first-order valence-electron chi connectivity index (χ1n) is 10.9. The molecule has 1 amide bonds. The molecule has 2 aliphatic rings. The number of carbonyl (C=O) groups is 1. The van der Waals surface area contributed by atoms with Crippen LogP contribution in [-0.4, -0.2) is 45.0 Å². The smallest absolute Gasteiger partial charge is 0.257 e. The molecule has 162 valence electrons. The minimum absolute atomic E-state index is 0.109. The van der Waals surface area contributed by atoms with E-state index in [2.05, 4.69) is 4.90 Å². The fourth-order valence-electron chi connectivity index (χ4n) is 4.73. The standard InChI is InChI=1S/C23H25F2N5O/c1-15-14-30-21(26-22(15)28-9-4-5-10-28)13-19(27-30)20-6-2-3-11-29(20)23(31)17-8-7-16(24)12-18(17)25/h7-8,12-14,20H,2-6,9-11H2,1H3/t20-/m0/s1. The molecule has 3 aromatic rings. The Labute approximate surface area is 179 Å². The highest BCUT2D eigenvalue weighted by Gasteiger charge is 2.32. The molecule has 1 atom stereocenters. The molecule has 2 aliphatic heterocycles. The number of aromatic nitrogens is 3. The van der Waals surface area contributed by atoms with E-state index in [0.717, 1.165) is 67.2 Å². The van der Waals surface area contributed by atoms with Crippen molar-refractivity contribution in [2.45, 2.75) is 45.1 Å². The number of nitrogens with zero attached hydrogens (tertiary/aromatic N) is 5. The van der Waals surface area contributed by atoms with E-state index < -0.39 is 17.5 Å². The lowest BCUT2D eigenvalue weighted by Crippen LogP contribution is -2.39. The first-order valence-corrected chi connectivity index (χ1v) is 10.9. The van der Waals surface area contributed by atoms with E-state index in [1.807, 2.05) is 19.2 Å². The molecule has 31 heavy (non-hydrogen) atoms. The number of benzene rings is 1. The highest BCUT2D eigenvalue weighted by molar-refractivity contribution is 5.94. The van der Waals surface area contributed by atoms with Crippen LogP contribution >= 0.6 is 0 Å². The van der Waals surface area contributed by atoms with E-state index >= 15 is 0 Å². The lowest BCUT2D eigenvalue weighted by atomic mass is 9.98. The maximum absolute atomic E-state index is 14.3. The fraction of sp³-hybridized carbons (Fsp3) is 0.435. The SMILES string of the molecule is Cc1cn2nc([C@@H]3CCCCN3C(=O)c3ccc(F)cc3F)cc2nc1N1CCCC1. The van der Waals surface area contributed by atoms with Crippen molar-refractivity contribution in [3.8, 4) is 0 Å². The Morgan fingerprint density at radius 2 is 1.84 bits per heavy atom. The highest BCUT2D eigenvalue weighted by atomic mass is 19.1. The molecule has 5 rings (SSSR count). The van der Waals surface area contributed by atoms with Crippen LogP contribution in [0.25, 0.3) is 5.65 Å². The van der Waals surface area contributed by atoms with Gasteiger partial charge in [0.2, 0.25) is 0 Å². The zero-order chi connectivity index (χ0) is 21.5. The van der Waals surface area contributed by atoms with Crippen LogP contribution in [0.1, 0.15) is 59.8 Å². The van der Waals surface area contributed by atoms with Crippen molar-refractivity contribution in [3.05, 3.63) is 58.9 Å². The summed E-state index contributed by atoms with van der Waals surface area (Å²) in [5, 5.41) is 4.72. The van der Waals surface area contributed by atoms with Crippen LogP contribution < -0.4 is 4.90 Å². The number of amides is 1. The van der Waals surface area contributed by atoms with Gasteiger partial charge in [-0.2, -0.15) is 5.10 Å². The number of anilines is 1. The van der Waals surface area contributed by atoms with Crippen LogP contribution in [0.15, 0.2) is 30.5 Å². The minimum atomic E-state index is -0.836. The topological polar surface area (TPSA) is 53.7 Å². The van der Waals surface area contributed by atoms with Crippen molar-refractivity contribution in [1.82, 2.24) is 19.5 Å². The summed E-state index contributed by atoms with van der Waals surface area (Å²) < 4.78 is 29.3. The van der Waals surface area contributed by atoms with Crippen LogP contribution in [0.4, 0.5) is 14.6 Å². The molecular weight excluding hydrogens is 400 g/mol. The summed E-state index contributed by atoms with van der Waals surface area (Å²) in [7, 11) is 0. The molecule has 0 saturated carbocycles. The Morgan fingerprint density at radius 1 is 1.06 bits per heavy atom. The monoisotopic (exact) mass is 425 g/mol. The van der Waals surface area contributed by atoms with Gasteiger partial charge in [0.15, 0.2) is 5.65 Å². The molecular formula is C23H25F2N5O. The van der Waals surface area contributed by atoms with Gasteiger partial charge in [0.05, 0.1) is 17.3 Å². The van der Waals surface area contributed by atoms with Crippen LogP contribution in [0, 0.1) is 18.6 Å². The number of likely N-dealkylation sites (tertiary alicyclic amines) is 1. The molecule has 0 bridgehead atoms. The average molecular weight is 425 g/mol. The fourth-order valence-corrected chi connectivity index (χ4v) is 4.73. The van der Waals surface area contributed by atoms with Gasteiger partial charge in [-0.15, -0.1) is 0 Å². The summed E-state index contributed by atoms with van der Waals surface area (Å²) in [5.74, 6) is -0.973. The van der Waals surface area contributed by atoms with Gasteiger partial charge in [-0.3, -0.25) is 4.79 Å². The van der Waals surface area contributed by atoms with Gasteiger partial charge in [0, 0.05) is 43.5 Å². The molecule has 2 saturated heterocycles. The molecule has 0 aliphatic carbocycles. The largest absolute Gasteiger partial charge is 0.356 e. The molecule has 0 radical (unpaired) electrons. The summed E-state index contributed by atoms with van der Waals surface area (Å²) in [5.41, 5.74) is 2.45. The predicted molar refractivity (Wildman–Crippen MR) is 113 cm³/mol. The third kappa shape index (κ3) is 3.64. The first-order chi connectivity index (χ1) is 15.0. The van der Waals surface area contributed by atoms with Crippen LogP contribution in [0.3, 0.4) is 0 Å². The molecule has 6 nitrogen and oxygen atoms in total. The van der Waals surface area contributed by atoms with Gasteiger partial charge in [-0.25, -0.2) is 18.3 Å². The van der Waals surface area contributed by atoms with Crippen LogP contribution in [-0.2, 0) is 0 Å². The second-order valence-electron chi connectivity index (χ2n) is 8.45. The van der Waals surface area contributed by atoms with Gasteiger partial charge < -0.3 is 9.80 Å². The molecule has 2 fully saturated rings. The summed E-state index contributed by atoms with van der Waals surface area (Å²) in [6.07, 6.45) is 6.88. The molecule has 0 spiro atoms. The van der Waals surface area contributed by atoms with Crippen molar-refractivity contribution in [2.75, 3.05) is 24.5 Å². The van der Waals surface area contributed by atoms with E-state index in [1.165, 1.54) is 18.9 Å². The second kappa shape index (κ2) is 7.90. The number of halogens is 2. The molecule has 0 N–H and O–H groups in total. The van der Waals surface area contributed by atoms with Gasteiger partial charge in [-0.1, -0.05) is 0 Å². The molecule has 8 heteroatoms. The van der Waals surface area contributed by atoms with Crippen molar-refractivity contribution in [2.24, 2.45) is 0 Å². The molecule has 2 aromatic heterocycles. The van der Waals surface area contributed by atoms with Gasteiger partial charge >= 0.3 is 0 Å². The van der Waals surface area contributed by atoms with Crippen LogP contribution in [0.5, 0.6) is 0 Å².